The van der Waals surface area contributed by atoms with E-state index in [0.29, 0.717) is 0 Å². The van der Waals surface area contributed by atoms with Gasteiger partial charge in [-0.15, -0.1) is 23.2 Å². The Bertz CT molecular complexity index is 370. The summed E-state index contributed by atoms with van der Waals surface area (Å²) in [6.45, 7) is 4.41. The van der Waals surface area contributed by atoms with Gasteiger partial charge >= 0.3 is 5.97 Å². The summed E-state index contributed by atoms with van der Waals surface area (Å²) in [5.41, 5.74) is 0. The summed E-state index contributed by atoms with van der Waals surface area (Å²) in [5.74, 6) is -0.453. The lowest BCUT2D eigenvalue weighted by atomic mass is 10.5. The number of allylic oxidation sites excluding steroid dienone is 1. The van der Waals surface area contributed by atoms with Gasteiger partial charge in [0.1, 0.15) is 0 Å². The molecule has 0 aromatic heterocycles. The fourth-order valence-corrected chi connectivity index (χ4v) is 1.91. The number of esters is 1. The van der Waals surface area contributed by atoms with Gasteiger partial charge in [0.2, 0.25) is 0 Å². The molecular formula is C11H20Cl2O7P-. The molecule has 2 unspecified atom stereocenters. The Morgan fingerprint density at radius 1 is 1.48 bits per heavy atom. The minimum atomic E-state index is -4.21. The van der Waals surface area contributed by atoms with Crippen molar-refractivity contribution in [3.63, 3.8) is 0 Å². The first-order chi connectivity index (χ1) is 9.53. The number of carbonyl (C=O) groups is 1. The summed E-state index contributed by atoms with van der Waals surface area (Å²) >= 11 is 10.9. The zero-order valence-electron chi connectivity index (χ0n) is 12.2. The minimum Gasteiger partial charge on any atom is -0.756 e. The van der Waals surface area contributed by atoms with Crippen LogP contribution in [0.3, 0.4) is 0 Å². The summed E-state index contributed by atoms with van der Waals surface area (Å²) in [7, 11) is -2.96. The van der Waals surface area contributed by atoms with Crippen LogP contribution in [0.2, 0.25) is 0 Å². The molecule has 0 aliphatic heterocycles. The molecular weight excluding hydrogens is 346 g/mol. The van der Waals surface area contributed by atoms with E-state index in [-0.39, 0.29) is 18.2 Å². The predicted molar refractivity (Wildman–Crippen MR) is 78.5 cm³/mol. The van der Waals surface area contributed by atoms with Gasteiger partial charge in [-0.3, -0.25) is 4.57 Å². The van der Waals surface area contributed by atoms with Gasteiger partial charge in [-0.2, -0.15) is 0 Å². The number of ether oxygens (including phenoxy) is 1. The van der Waals surface area contributed by atoms with Crippen LogP contribution in [0.4, 0.5) is 0 Å². The fraction of sp³-hybridized carbons (Fsp3) is 0.727. The van der Waals surface area contributed by atoms with Gasteiger partial charge in [-0.25, -0.2) is 4.79 Å². The number of halogens is 2. The molecule has 0 bridgehead atoms. The molecule has 0 heterocycles. The van der Waals surface area contributed by atoms with Crippen molar-refractivity contribution < 1.29 is 33.1 Å². The first-order valence-electron chi connectivity index (χ1n) is 5.83. The Kier molecular flexibility index (Phi) is 13.4. The molecule has 0 amide bonds. The molecule has 21 heavy (non-hydrogen) atoms. The average Bonchev–Trinajstić information content (AvgIpc) is 2.34. The van der Waals surface area contributed by atoms with Gasteiger partial charge in [0.15, 0.2) is 0 Å². The fourth-order valence-electron chi connectivity index (χ4n) is 0.735. The normalized spacial score (nSPS) is 15.7. The molecule has 0 radical (unpaired) electrons. The molecule has 0 aliphatic rings. The van der Waals surface area contributed by atoms with Crippen LogP contribution in [0.25, 0.3) is 0 Å². The highest BCUT2D eigenvalue weighted by molar-refractivity contribution is 7.45. The van der Waals surface area contributed by atoms with Crippen molar-refractivity contribution in [2.24, 2.45) is 0 Å². The first-order valence-corrected chi connectivity index (χ1v) is 8.26. The third-order valence-electron chi connectivity index (χ3n) is 1.45. The van der Waals surface area contributed by atoms with Crippen molar-refractivity contribution in [3.8, 4) is 0 Å². The van der Waals surface area contributed by atoms with Crippen LogP contribution in [0, 0.1) is 0 Å². The summed E-state index contributed by atoms with van der Waals surface area (Å²) in [6, 6.07) is 0. The van der Waals surface area contributed by atoms with E-state index in [1.54, 1.807) is 13.8 Å². The number of carbonyl (C=O) groups excluding carboxylic acids is 1. The predicted octanol–water partition coefficient (Wildman–Crippen LogP) is 2.36. The molecule has 126 valence electrons. The largest absolute Gasteiger partial charge is 0.756 e. The van der Waals surface area contributed by atoms with Crippen LogP contribution >= 0.6 is 31.0 Å². The minimum absolute atomic E-state index is 0.0446. The molecule has 0 saturated heterocycles. The topological polar surface area (TPSA) is 105 Å². The van der Waals surface area contributed by atoms with E-state index >= 15 is 0 Å². The number of hydrogen-bond acceptors (Lipinski definition) is 7. The number of aliphatic hydroxyl groups excluding tert-OH is 1. The van der Waals surface area contributed by atoms with Crippen molar-refractivity contribution in [1.82, 2.24) is 0 Å². The van der Waals surface area contributed by atoms with E-state index in [2.05, 4.69) is 13.8 Å². The van der Waals surface area contributed by atoms with E-state index in [1.165, 1.54) is 14.0 Å². The number of alkyl halides is 2. The second-order valence-electron chi connectivity index (χ2n) is 3.96. The molecule has 2 atom stereocenters. The number of hydrogen-bond donors (Lipinski definition) is 1. The van der Waals surface area contributed by atoms with Gasteiger partial charge in [-0.1, -0.05) is 0 Å². The number of rotatable bonds is 7. The molecule has 0 rings (SSSR count). The second kappa shape index (κ2) is 12.3. The molecule has 0 saturated carbocycles. The van der Waals surface area contributed by atoms with Crippen molar-refractivity contribution in [3.05, 3.63) is 11.8 Å². The number of methoxy groups -OCH3 is 1. The lowest BCUT2D eigenvalue weighted by Gasteiger charge is -2.25. The molecule has 0 fully saturated rings. The Morgan fingerprint density at radius 2 is 2.00 bits per heavy atom. The Hall–Kier alpha value is -0.300. The summed E-state index contributed by atoms with van der Waals surface area (Å²) in [6.07, 6.45) is 0.563. The smallest absolute Gasteiger partial charge is 0.333 e. The van der Waals surface area contributed by atoms with E-state index in [0.717, 1.165) is 6.08 Å². The van der Waals surface area contributed by atoms with Gasteiger partial charge in [0.05, 0.1) is 37.0 Å². The van der Waals surface area contributed by atoms with Gasteiger partial charge in [0.25, 0.3) is 7.82 Å². The van der Waals surface area contributed by atoms with Crippen LogP contribution in [0.15, 0.2) is 11.8 Å². The first kappa shape index (κ1) is 23.0. The van der Waals surface area contributed by atoms with E-state index < -0.39 is 25.3 Å². The van der Waals surface area contributed by atoms with Crippen molar-refractivity contribution in [2.75, 3.05) is 19.6 Å². The lowest BCUT2D eigenvalue weighted by Crippen LogP contribution is -2.17. The molecule has 10 heteroatoms. The Labute approximate surface area is 134 Å². The third kappa shape index (κ3) is 17.6. The highest BCUT2D eigenvalue weighted by Crippen LogP contribution is 2.39. The van der Waals surface area contributed by atoms with Crippen molar-refractivity contribution in [2.45, 2.75) is 32.3 Å². The van der Waals surface area contributed by atoms with Gasteiger partial charge < -0.3 is 23.8 Å². The van der Waals surface area contributed by atoms with Gasteiger partial charge in [0, 0.05) is 5.88 Å². The molecule has 0 aliphatic carbocycles. The van der Waals surface area contributed by atoms with Crippen LogP contribution < -0.4 is 4.89 Å². The van der Waals surface area contributed by atoms with Crippen molar-refractivity contribution in [1.29, 1.82) is 0 Å². The zero-order valence-corrected chi connectivity index (χ0v) is 14.7. The standard InChI is InChI=1S/C6H13Cl2O4P.C5H8O3/c1-5(2)12-13(9,10)11-4-6(8)3-7;1-4(6)3-5(7)8-2/h5-6H,3-4H2,1-2H3,(H,9,10);3,6H,1-2H3/p-1/b;4-3-. The molecule has 7 nitrogen and oxygen atoms in total. The molecule has 0 aromatic carbocycles. The maximum Gasteiger partial charge on any atom is 0.333 e. The quantitative estimate of drug-likeness (QED) is 0.242. The van der Waals surface area contributed by atoms with E-state index in [9.17, 15) is 14.3 Å². The monoisotopic (exact) mass is 365 g/mol. The van der Waals surface area contributed by atoms with Crippen LogP contribution in [-0.4, -0.2) is 42.2 Å². The lowest BCUT2D eigenvalue weighted by molar-refractivity contribution is -0.228. The Balaban J connectivity index is 0. The van der Waals surface area contributed by atoms with Crippen molar-refractivity contribution >= 4 is 37.0 Å². The van der Waals surface area contributed by atoms with Gasteiger partial charge in [-0.05, 0) is 20.8 Å². The summed E-state index contributed by atoms with van der Waals surface area (Å²) in [4.78, 5) is 21.1. The maximum absolute atomic E-state index is 10.9. The second-order valence-corrected chi connectivity index (χ2v) is 6.25. The highest BCUT2D eigenvalue weighted by atomic mass is 35.5. The molecule has 0 aromatic rings. The molecule has 1 N–H and O–H groups in total. The van der Waals surface area contributed by atoms with Crippen LogP contribution in [0.5, 0.6) is 0 Å². The maximum atomic E-state index is 10.9. The zero-order chi connectivity index (χ0) is 17.1. The van der Waals surface area contributed by atoms with Crippen LogP contribution in [-0.2, 0) is 23.1 Å². The summed E-state index contributed by atoms with van der Waals surface area (Å²) in [5, 5.41) is 7.89. The number of aliphatic hydroxyl groups is 1. The third-order valence-corrected chi connectivity index (χ3v) is 3.40. The number of phosphoric acid groups is 1. The highest BCUT2D eigenvalue weighted by Gasteiger charge is 2.14. The van der Waals surface area contributed by atoms with E-state index in [1.807, 2.05) is 0 Å². The average molecular weight is 366 g/mol. The summed E-state index contributed by atoms with van der Waals surface area (Å²) < 4.78 is 24.1. The SMILES string of the molecule is CC(C)OP(=O)([O-])OCC(Cl)CCl.COC(=O)/C=C(/C)O. The van der Waals surface area contributed by atoms with E-state index in [4.69, 9.17) is 28.3 Å². The number of phosphoric ester groups is 1. The molecule has 0 spiro atoms. The van der Waals surface area contributed by atoms with Crippen LogP contribution in [0.1, 0.15) is 20.8 Å². The Morgan fingerprint density at radius 3 is 2.29 bits per heavy atom.